The summed E-state index contributed by atoms with van der Waals surface area (Å²) < 4.78 is 13.3. The van der Waals surface area contributed by atoms with Gasteiger partial charge in [0.25, 0.3) is 0 Å². The van der Waals surface area contributed by atoms with Crippen molar-refractivity contribution < 1.29 is 4.39 Å². The SMILES string of the molecule is CCc1c(N)ncnc1Nc1ccc(Cl)c(F)c1. The number of aromatic nitrogens is 2. The third kappa shape index (κ3) is 2.51. The van der Waals surface area contributed by atoms with Gasteiger partial charge in [0.2, 0.25) is 0 Å². The minimum atomic E-state index is -0.484. The molecule has 0 fully saturated rings. The van der Waals surface area contributed by atoms with Crippen LogP contribution >= 0.6 is 11.6 Å². The molecule has 4 nitrogen and oxygen atoms in total. The minimum Gasteiger partial charge on any atom is -0.383 e. The second-order valence-corrected chi connectivity index (χ2v) is 4.10. The first-order valence-electron chi connectivity index (χ1n) is 5.43. The number of rotatable bonds is 3. The molecule has 0 spiro atoms. The van der Waals surface area contributed by atoms with Crippen molar-refractivity contribution in [1.82, 2.24) is 9.97 Å². The van der Waals surface area contributed by atoms with E-state index in [1.54, 1.807) is 6.07 Å². The maximum atomic E-state index is 13.3. The summed E-state index contributed by atoms with van der Waals surface area (Å²) in [5.74, 6) is 0.512. The van der Waals surface area contributed by atoms with Crippen LogP contribution in [0.25, 0.3) is 0 Å². The molecule has 2 aromatic rings. The van der Waals surface area contributed by atoms with Gasteiger partial charge in [0.05, 0.1) is 5.02 Å². The van der Waals surface area contributed by atoms with Gasteiger partial charge >= 0.3 is 0 Å². The van der Waals surface area contributed by atoms with E-state index >= 15 is 0 Å². The number of hydrogen-bond acceptors (Lipinski definition) is 4. The molecular weight excluding hydrogens is 255 g/mol. The van der Waals surface area contributed by atoms with Crippen molar-refractivity contribution in [3.8, 4) is 0 Å². The van der Waals surface area contributed by atoms with Crippen LogP contribution in [0.5, 0.6) is 0 Å². The van der Waals surface area contributed by atoms with Crippen LogP contribution in [0.3, 0.4) is 0 Å². The van der Waals surface area contributed by atoms with Crippen LogP contribution in [-0.4, -0.2) is 9.97 Å². The largest absolute Gasteiger partial charge is 0.383 e. The second kappa shape index (κ2) is 5.18. The number of nitrogens with one attached hydrogen (secondary N) is 1. The average molecular weight is 267 g/mol. The van der Waals surface area contributed by atoms with Crippen molar-refractivity contribution in [1.29, 1.82) is 0 Å². The number of nitrogens with two attached hydrogens (primary N) is 1. The summed E-state index contributed by atoms with van der Waals surface area (Å²) in [6.45, 7) is 1.95. The number of anilines is 3. The third-order valence-electron chi connectivity index (χ3n) is 2.51. The molecule has 3 N–H and O–H groups in total. The minimum absolute atomic E-state index is 0.0819. The van der Waals surface area contributed by atoms with Gasteiger partial charge in [-0.15, -0.1) is 0 Å². The van der Waals surface area contributed by atoms with Gasteiger partial charge in [-0.2, -0.15) is 0 Å². The van der Waals surface area contributed by atoms with Crippen molar-refractivity contribution >= 4 is 28.9 Å². The first-order valence-corrected chi connectivity index (χ1v) is 5.81. The van der Waals surface area contributed by atoms with E-state index in [4.69, 9.17) is 17.3 Å². The van der Waals surface area contributed by atoms with E-state index in [0.717, 1.165) is 5.56 Å². The molecule has 0 bridgehead atoms. The molecule has 0 saturated carbocycles. The van der Waals surface area contributed by atoms with Crippen molar-refractivity contribution in [3.05, 3.63) is 40.9 Å². The number of nitrogen functional groups attached to an aromatic ring is 1. The maximum Gasteiger partial charge on any atom is 0.143 e. The lowest BCUT2D eigenvalue weighted by molar-refractivity contribution is 0.629. The summed E-state index contributed by atoms with van der Waals surface area (Å²) in [5, 5.41) is 3.08. The Hall–Kier alpha value is -1.88. The smallest absolute Gasteiger partial charge is 0.143 e. The van der Waals surface area contributed by atoms with Gasteiger partial charge in [-0.3, -0.25) is 0 Å². The monoisotopic (exact) mass is 266 g/mol. The molecule has 0 saturated heterocycles. The predicted molar refractivity (Wildman–Crippen MR) is 70.5 cm³/mol. The normalized spacial score (nSPS) is 10.4. The van der Waals surface area contributed by atoms with E-state index < -0.39 is 5.82 Å². The lowest BCUT2D eigenvalue weighted by atomic mass is 10.2. The van der Waals surface area contributed by atoms with Crippen LogP contribution in [0.15, 0.2) is 24.5 Å². The van der Waals surface area contributed by atoms with Crippen molar-refractivity contribution in [2.75, 3.05) is 11.1 Å². The molecule has 0 aliphatic heterocycles. The van der Waals surface area contributed by atoms with Crippen molar-refractivity contribution in [2.24, 2.45) is 0 Å². The number of hydrogen-bond donors (Lipinski definition) is 2. The summed E-state index contributed by atoms with van der Waals surface area (Å²) in [5.41, 5.74) is 7.11. The zero-order valence-electron chi connectivity index (χ0n) is 9.74. The molecule has 94 valence electrons. The second-order valence-electron chi connectivity index (χ2n) is 3.69. The Morgan fingerprint density at radius 2 is 2.17 bits per heavy atom. The molecule has 0 aliphatic carbocycles. The van der Waals surface area contributed by atoms with Crippen LogP contribution in [0.1, 0.15) is 12.5 Å². The molecule has 2 rings (SSSR count). The highest BCUT2D eigenvalue weighted by molar-refractivity contribution is 6.30. The molecule has 1 aromatic carbocycles. The average Bonchev–Trinajstić information content (AvgIpc) is 2.34. The zero-order valence-corrected chi connectivity index (χ0v) is 10.5. The van der Waals surface area contributed by atoms with E-state index in [1.165, 1.54) is 18.5 Å². The molecule has 1 heterocycles. The van der Waals surface area contributed by atoms with Crippen LogP contribution in [0, 0.1) is 5.82 Å². The Morgan fingerprint density at radius 3 is 2.83 bits per heavy atom. The van der Waals surface area contributed by atoms with Gasteiger partial charge in [-0.25, -0.2) is 14.4 Å². The third-order valence-corrected chi connectivity index (χ3v) is 2.82. The van der Waals surface area contributed by atoms with Crippen LogP contribution in [0.2, 0.25) is 5.02 Å². The summed E-state index contributed by atoms with van der Waals surface area (Å²) in [6.07, 6.45) is 2.05. The van der Waals surface area contributed by atoms with Crippen LogP contribution in [0.4, 0.5) is 21.7 Å². The molecule has 0 radical (unpaired) electrons. The fourth-order valence-corrected chi connectivity index (χ4v) is 1.71. The molecule has 1 aromatic heterocycles. The zero-order chi connectivity index (χ0) is 13.1. The summed E-state index contributed by atoms with van der Waals surface area (Å²) in [4.78, 5) is 8.02. The van der Waals surface area contributed by atoms with Gasteiger partial charge in [0.1, 0.15) is 23.8 Å². The molecule has 0 aliphatic rings. The summed E-state index contributed by atoms with van der Waals surface area (Å²) in [6, 6.07) is 4.46. The first kappa shape index (κ1) is 12.6. The standard InChI is InChI=1S/C12H12ClFN4/c1-2-8-11(15)16-6-17-12(8)18-7-3-4-9(13)10(14)5-7/h3-6H,2H2,1H3,(H3,15,16,17,18). The first-order chi connectivity index (χ1) is 8.61. The van der Waals surface area contributed by atoms with Gasteiger partial charge in [0, 0.05) is 11.3 Å². The molecule has 0 unspecified atom stereocenters. The van der Waals surface area contributed by atoms with Crippen LogP contribution < -0.4 is 11.1 Å². The summed E-state index contributed by atoms with van der Waals surface area (Å²) >= 11 is 5.62. The van der Waals surface area contributed by atoms with Gasteiger partial charge in [-0.05, 0) is 24.6 Å². The maximum absolute atomic E-state index is 13.3. The van der Waals surface area contributed by atoms with E-state index in [0.29, 0.717) is 23.7 Å². The quantitative estimate of drug-likeness (QED) is 0.896. The topological polar surface area (TPSA) is 63.8 Å². The Kier molecular flexibility index (Phi) is 3.62. The van der Waals surface area contributed by atoms with Crippen molar-refractivity contribution in [3.63, 3.8) is 0 Å². The highest BCUT2D eigenvalue weighted by atomic mass is 35.5. The number of benzene rings is 1. The lowest BCUT2D eigenvalue weighted by Gasteiger charge is -2.11. The van der Waals surface area contributed by atoms with E-state index in [1.807, 2.05) is 6.92 Å². The Morgan fingerprint density at radius 1 is 1.39 bits per heavy atom. The van der Waals surface area contributed by atoms with Gasteiger partial charge < -0.3 is 11.1 Å². The fourth-order valence-electron chi connectivity index (χ4n) is 1.59. The van der Waals surface area contributed by atoms with Gasteiger partial charge in [0.15, 0.2) is 0 Å². The molecule has 18 heavy (non-hydrogen) atoms. The van der Waals surface area contributed by atoms with Crippen LogP contribution in [-0.2, 0) is 6.42 Å². The van der Waals surface area contributed by atoms with Gasteiger partial charge in [-0.1, -0.05) is 18.5 Å². The number of halogens is 2. The van der Waals surface area contributed by atoms with E-state index in [2.05, 4.69) is 15.3 Å². The fraction of sp³-hybridized carbons (Fsp3) is 0.167. The predicted octanol–water partition coefficient (Wildman–Crippen LogP) is 3.16. The highest BCUT2D eigenvalue weighted by Gasteiger charge is 2.08. The van der Waals surface area contributed by atoms with Crippen molar-refractivity contribution in [2.45, 2.75) is 13.3 Å². The Balaban J connectivity index is 2.34. The molecule has 0 atom stereocenters. The van der Waals surface area contributed by atoms with E-state index in [-0.39, 0.29) is 5.02 Å². The molecule has 0 amide bonds. The molecule has 6 heteroatoms. The highest BCUT2D eigenvalue weighted by Crippen LogP contribution is 2.24. The Labute approximate surface area is 109 Å². The lowest BCUT2D eigenvalue weighted by Crippen LogP contribution is -2.04. The van der Waals surface area contributed by atoms with E-state index in [9.17, 15) is 4.39 Å². The number of nitrogens with zero attached hydrogens (tertiary/aromatic N) is 2. The molecular formula is C12H12ClFN4. The summed E-state index contributed by atoms with van der Waals surface area (Å²) in [7, 11) is 0. The Bertz CT molecular complexity index is 574.